The van der Waals surface area contributed by atoms with Crippen LogP contribution in [0.5, 0.6) is 0 Å². The minimum Gasteiger partial charge on any atom is -0.355 e. The van der Waals surface area contributed by atoms with Gasteiger partial charge in [0, 0.05) is 25.7 Å². The lowest BCUT2D eigenvalue weighted by Crippen LogP contribution is -2.45. The number of likely N-dealkylation sites (tertiary alicyclic amines) is 1. The Balaban J connectivity index is 2.12. The number of amides is 1. The number of carbonyl (C=O) groups excluding carboxylic acids is 1. The molecule has 3 N–H and O–H groups in total. The van der Waals surface area contributed by atoms with Gasteiger partial charge in [-0.2, -0.15) is 11.8 Å². The van der Waals surface area contributed by atoms with Crippen molar-refractivity contribution in [3.63, 3.8) is 0 Å². The Morgan fingerprint density at radius 2 is 2.18 bits per heavy atom. The van der Waals surface area contributed by atoms with Gasteiger partial charge in [0.1, 0.15) is 0 Å². The third-order valence-corrected chi connectivity index (χ3v) is 4.00. The molecule has 0 aromatic heterocycles. The maximum absolute atomic E-state index is 11.7. The number of hydrogen-bond donors (Lipinski definition) is 2. The Kier molecular flexibility index (Phi) is 6.92. The van der Waals surface area contributed by atoms with Crippen molar-refractivity contribution in [3.8, 4) is 0 Å². The van der Waals surface area contributed by atoms with E-state index in [0.717, 1.165) is 38.2 Å². The maximum Gasteiger partial charge on any atom is 0.234 e. The predicted octanol–water partition coefficient (Wildman–Crippen LogP) is 0.525. The van der Waals surface area contributed by atoms with Gasteiger partial charge in [-0.25, -0.2) is 0 Å². The molecule has 1 aliphatic rings. The Labute approximate surface area is 109 Å². The van der Waals surface area contributed by atoms with Crippen LogP contribution in [0.1, 0.15) is 19.8 Å². The number of nitrogens with one attached hydrogen (secondary N) is 1. The van der Waals surface area contributed by atoms with Crippen LogP contribution in [0, 0.1) is 5.92 Å². The van der Waals surface area contributed by atoms with Gasteiger partial charge in [0.05, 0.1) is 6.54 Å². The van der Waals surface area contributed by atoms with Gasteiger partial charge in [-0.1, -0.05) is 6.92 Å². The SMILES string of the molecule is CSCC(C)CNC(=O)CN1CCC(N)CC1. The molecule has 0 bridgehead atoms. The highest BCUT2D eigenvalue weighted by atomic mass is 32.2. The summed E-state index contributed by atoms with van der Waals surface area (Å²) >= 11 is 1.82. The van der Waals surface area contributed by atoms with Gasteiger partial charge < -0.3 is 11.1 Å². The van der Waals surface area contributed by atoms with Crippen molar-refractivity contribution in [2.45, 2.75) is 25.8 Å². The largest absolute Gasteiger partial charge is 0.355 e. The fourth-order valence-electron chi connectivity index (χ4n) is 2.00. The number of piperidine rings is 1. The normalized spacial score (nSPS) is 20.2. The van der Waals surface area contributed by atoms with Crippen molar-refractivity contribution < 1.29 is 4.79 Å². The van der Waals surface area contributed by atoms with E-state index in [1.54, 1.807) is 0 Å². The van der Waals surface area contributed by atoms with Crippen LogP contribution in [-0.2, 0) is 4.79 Å². The summed E-state index contributed by atoms with van der Waals surface area (Å²) < 4.78 is 0. The number of nitrogens with zero attached hydrogens (tertiary/aromatic N) is 1. The molecule has 0 aromatic rings. The van der Waals surface area contributed by atoms with E-state index in [2.05, 4.69) is 23.4 Å². The van der Waals surface area contributed by atoms with E-state index in [1.807, 2.05) is 11.8 Å². The third-order valence-electron chi connectivity index (χ3n) is 3.10. The summed E-state index contributed by atoms with van der Waals surface area (Å²) in [5, 5.41) is 3.00. The molecule has 0 aromatic carbocycles. The highest BCUT2D eigenvalue weighted by molar-refractivity contribution is 7.98. The van der Waals surface area contributed by atoms with Crippen LogP contribution in [0.25, 0.3) is 0 Å². The first kappa shape index (κ1) is 14.8. The molecule has 0 aliphatic carbocycles. The van der Waals surface area contributed by atoms with E-state index in [4.69, 9.17) is 5.73 Å². The standard InChI is InChI=1S/C12H25N3OS/c1-10(9-17-2)7-14-12(16)8-15-5-3-11(13)4-6-15/h10-11H,3-9,13H2,1-2H3,(H,14,16). The molecule has 0 spiro atoms. The van der Waals surface area contributed by atoms with Crippen LogP contribution in [0.2, 0.25) is 0 Å². The first-order chi connectivity index (χ1) is 8.11. The Bertz CT molecular complexity index is 230. The van der Waals surface area contributed by atoms with Gasteiger partial charge in [0.2, 0.25) is 5.91 Å². The Hall–Kier alpha value is -0.260. The molecular weight excluding hydrogens is 234 g/mol. The second kappa shape index (κ2) is 7.95. The van der Waals surface area contributed by atoms with Crippen LogP contribution in [-0.4, -0.2) is 55.0 Å². The van der Waals surface area contributed by atoms with Gasteiger partial charge in [0.25, 0.3) is 0 Å². The Morgan fingerprint density at radius 3 is 2.76 bits per heavy atom. The van der Waals surface area contributed by atoms with Gasteiger partial charge in [-0.05, 0) is 30.8 Å². The van der Waals surface area contributed by atoms with E-state index in [0.29, 0.717) is 18.5 Å². The highest BCUT2D eigenvalue weighted by Gasteiger charge is 2.18. The van der Waals surface area contributed by atoms with Crippen LogP contribution in [0.4, 0.5) is 0 Å². The quantitative estimate of drug-likeness (QED) is 0.730. The summed E-state index contributed by atoms with van der Waals surface area (Å²) in [4.78, 5) is 13.9. The van der Waals surface area contributed by atoms with E-state index < -0.39 is 0 Å². The molecule has 4 nitrogen and oxygen atoms in total. The lowest BCUT2D eigenvalue weighted by atomic mass is 10.1. The first-order valence-corrected chi connectivity index (χ1v) is 7.74. The lowest BCUT2D eigenvalue weighted by molar-refractivity contribution is -0.122. The minimum absolute atomic E-state index is 0.147. The molecular formula is C12H25N3OS. The molecule has 1 rings (SSSR count). The van der Waals surface area contributed by atoms with Crippen molar-refractivity contribution >= 4 is 17.7 Å². The summed E-state index contributed by atoms with van der Waals surface area (Å²) in [6.07, 6.45) is 4.11. The predicted molar refractivity (Wildman–Crippen MR) is 74.2 cm³/mol. The zero-order chi connectivity index (χ0) is 12.7. The van der Waals surface area contributed by atoms with Crippen molar-refractivity contribution in [2.75, 3.05) is 38.2 Å². The average Bonchev–Trinajstić information content (AvgIpc) is 2.30. The van der Waals surface area contributed by atoms with Crippen molar-refractivity contribution in [1.29, 1.82) is 0 Å². The summed E-state index contributed by atoms with van der Waals surface area (Å²) in [6, 6.07) is 0.330. The number of rotatable bonds is 6. The van der Waals surface area contributed by atoms with Crippen LogP contribution in [0.15, 0.2) is 0 Å². The van der Waals surface area contributed by atoms with E-state index in [9.17, 15) is 4.79 Å². The Morgan fingerprint density at radius 1 is 1.53 bits per heavy atom. The molecule has 0 radical (unpaired) electrons. The summed E-state index contributed by atoms with van der Waals surface area (Å²) in [5.41, 5.74) is 5.83. The molecule has 1 atom stereocenters. The van der Waals surface area contributed by atoms with Crippen LogP contribution < -0.4 is 11.1 Å². The summed E-state index contributed by atoms with van der Waals surface area (Å²) in [5.74, 6) is 1.79. The fraction of sp³-hybridized carbons (Fsp3) is 0.917. The highest BCUT2D eigenvalue weighted by Crippen LogP contribution is 2.07. The van der Waals surface area contributed by atoms with Gasteiger partial charge in [0.15, 0.2) is 0 Å². The van der Waals surface area contributed by atoms with Crippen molar-refractivity contribution in [2.24, 2.45) is 11.7 Å². The van der Waals surface area contributed by atoms with E-state index >= 15 is 0 Å². The topological polar surface area (TPSA) is 58.4 Å². The first-order valence-electron chi connectivity index (χ1n) is 6.35. The van der Waals surface area contributed by atoms with Crippen LogP contribution >= 0.6 is 11.8 Å². The lowest BCUT2D eigenvalue weighted by Gasteiger charge is -2.29. The molecule has 1 heterocycles. The molecule has 1 unspecified atom stereocenters. The molecule has 0 saturated carbocycles. The summed E-state index contributed by atoms with van der Waals surface area (Å²) in [7, 11) is 0. The second-order valence-corrected chi connectivity index (χ2v) is 5.89. The molecule has 5 heteroatoms. The molecule has 1 saturated heterocycles. The van der Waals surface area contributed by atoms with E-state index in [1.165, 1.54) is 0 Å². The monoisotopic (exact) mass is 259 g/mol. The second-order valence-electron chi connectivity index (χ2n) is 4.98. The molecule has 17 heavy (non-hydrogen) atoms. The number of thioether (sulfide) groups is 1. The molecule has 100 valence electrons. The number of nitrogens with two attached hydrogens (primary N) is 1. The molecule has 1 fully saturated rings. The zero-order valence-electron chi connectivity index (χ0n) is 10.9. The molecule has 1 aliphatic heterocycles. The van der Waals surface area contributed by atoms with E-state index in [-0.39, 0.29) is 5.91 Å². The number of hydrogen-bond acceptors (Lipinski definition) is 4. The fourth-order valence-corrected chi connectivity index (χ4v) is 2.69. The smallest absolute Gasteiger partial charge is 0.234 e. The van der Waals surface area contributed by atoms with Crippen molar-refractivity contribution in [1.82, 2.24) is 10.2 Å². The van der Waals surface area contributed by atoms with Gasteiger partial charge in [-0.3, -0.25) is 9.69 Å². The third kappa shape index (κ3) is 6.29. The zero-order valence-corrected chi connectivity index (χ0v) is 11.8. The van der Waals surface area contributed by atoms with Gasteiger partial charge in [-0.15, -0.1) is 0 Å². The number of carbonyl (C=O) groups is 1. The van der Waals surface area contributed by atoms with Crippen LogP contribution in [0.3, 0.4) is 0 Å². The van der Waals surface area contributed by atoms with Crippen molar-refractivity contribution in [3.05, 3.63) is 0 Å². The summed E-state index contributed by atoms with van der Waals surface area (Å²) in [6.45, 7) is 5.38. The average molecular weight is 259 g/mol. The minimum atomic E-state index is 0.147. The maximum atomic E-state index is 11.7. The van der Waals surface area contributed by atoms with Gasteiger partial charge >= 0.3 is 0 Å². The molecule has 1 amide bonds.